The monoisotopic (exact) mass is 250 g/mol. The molecule has 1 aromatic carbocycles. The van der Waals surface area contributed by atoms with E-state index in [9.17, 15) is 14.9 Å². The third-order valence-electron chi connectivity index (χ3n) is 2.83. The van der Waals surface area contributed by atoms with Crippen molar-refractivity contribution >= 4 is 17.3 Å². The van der Waals surface area contributed by atoms with Crippen LogP contribution in [0.25, 0.3) is 0 Å². The van der Waals surface area contributed by atoms with E-state index in [1.807, 2.05) is 0 Å². The molecule has 0 bridgehead atoms. The van der Waals surface area contributed by atoms with Crippen molar-refractivity contribution in [3.05, 3.63) is 33.9 Å². The van der Waals surface area contributed by atoms with E-state index in [0.717, 1.165) is 12.0 Å². The molecule has 0 spiro atoms. The number of carbonyl (C=O) groups is 1. The van der Waals surface area contributed by atoms with Crippen molar-refractivity contribution in [2.45, 2.75) is 25.9 Å². The Labute approximate surface area is 104 Å². The van der Waals surface area contributed by atoms with Crippen LogP contribution in [-0.2, 0) is 9.53 Å². The Morgan fingerprint density at radius 2 is 2.33 bits per heavy atom. The second-order valence-corrected chi connectivity index (χ2v) is 4.27. The molecule has 1 aliphatic rings. The molecule has 0 aromatic heterocycles. The fraction of sp³-hybridized carbons (Fsp3) is 0.417. The smallest absolute Gasteiger partial charge is 0.293 e. The molecule has 1 aromatic rings. The molecule has 6 nitrogen and oxygen atoms in total. The molecule has 6 heteroatoms. The zero-order valence-electron chi connectivity index (χ0n) is 10.0. The molecule has 0 radical (unpaired) electrons. The van der Waals surface area contributed by atoms with Gasteiger partial charge in [-0.15, -0.1) is 0 Å². The first kappa shape index (κ1) is 12.5. The molecule has 2 rings (SSSR count). The van der Waals surface area contributed by atoms with E-state index in [2.05, 4.69) is 5.32 Å². The SMILES string of the molecule is Cc1ccc(NC(=O)C2CCCO2)c([N+](=O)[O-])c1. The van der Waals surface area contributed by atoms with Gasteiger partial charge in [-0.2, -0.15) is 0 Å². The molecule has 18 heavy (non-hydrogen) atoms. The number of rotatable bonds is 3. The molecule has 1 unspecified atom stereocenters. The first-order chi connectivity index (χ1) is 8.58. The van der Waals surface area contributed by atoms with Gasteiger partial charge in [0.15, 0.2) is 0 Å². The number of nitro groups is 1. The Morgan fingerprint density at radius 3 is 2.94 bits per heavy atom. The summed E-state index contributed by atoms with van der Waals surface area (Å²) in [6, 6.07) is 4.70. The van der Waals surface area contributed by atoms with Crippen LogP contribution in [0.4, 0.5) is 11.4 Å². The van der Waals surface area contributed by atoms with E-state index in [1.54, 1.807) is 19.1 Å². The minimum Gasteiger partial charge on any atom is -0.368 e. The average Bonchev–Trinajstić information content (AvgIpc) is 2.84. The fourth-order valence-corrected chi connectivity index (χ4v) is 1.90. The maximum Gasteiger partial charge on any atom is 0.293 e. The first-order valence-electron chi connectivity index (χ1n) is 5.75. The van der Waals surface area contributed by atoms with E-state index in [0.29, 0.717) is 13.0 Å². The number of ether oxygens (including phenoxy) is 1. The van der Waals surface area contributed by atoms with Crippen LogP contribution in [-0.4, -0.2) is 23.5 Å². The number of aryl methyl sites for hydroxylation is 1. The number of nitro benzene ring substituents is 1. The van der Waals surface area contributed by atoms with Crippen LogP contribution in [0.5, 0.6) is 0 Å². The summed E-state index contributed by atoms with van der Waals surface area (Å²) in [6.07, 6.45) is 1.01. The summed E-state index contributed by atoms with van der Waals surface area (Å²) in [4.78, 5) is 22.2. The first-order valence-corrected chi connectivity index (χ1v) is 5.75. The van der Waals surface area contributed by atoms with E-state index in [-0.39, 0.29) is 17.3 Å². The van der Waals surface area contributed by atoms with Crippen molar-refractivity contribution in [2.75, 3.05) is 11.9 Å². The summed E-state index contributed by atoms with van der Waals surface area (Å²) in [7, 11) is 0. The quantitative estimate of drug-likeness (QED) is 0.657. The van der Waals surface area contributed by atoms with Gasteiger partial charge in [0.05, 0.1) is 4.92 Å². The summed E-state index contributed by atoms with van der Waals surface area (Å²) >= 11 is 0. The van der Waals surface area contributed by atoms with Crippen molar-refractivity contribution < 1.29 is 14.5 Å². The standard InChI is InChI=1S/C12H14N2O4/c1-8-4-5-9(10(7-8)14(16)17)13-12(15)11-3-2-6-18-11/h4-5,7,11H,2-3,6H2,1H3,(H,13,15). The van der Waals surface area contributed by atoms with Crippen LogP contribution in [0.15, 0.2) is 18.2 Å². The van der Waals surface area contributed by atoms with Crippen LogP contribution < -0.4 is 5.32 Å². The minimum absolute atomic E-state index is 0.0960. The number of nitrogens with one attached hydrogen (secondary N) is 1. The van der Waals surface area contributed by atoms with Crippen LogP contribution in [0.1, 0.15) is 18.4 Å². The molecule has 1 saturated heterocycles. The summed E-state index contributed by atoms with van der Waals surface area (Å²) in [6.45, 7) is 2.33. The summed E-state index contributed by atoms with van der Waals surface area (Å²) in [5.74, 6) is -0.320. The van der Waals surface area contributed by atoms with E-state index in [4.69, 9.17) is 4.74 Å². The Bertz CT molecular complexity index is 481. The largest absolute Gasteiger partial charge is 0.368 e. The molecule has 1 amide bonds. The number of hydrogen-bond donors (Lipinski definition) is 1. The molecule has 1 atom stereocenters. The predicted octanol–water partition coefficient (Wildman–Crippen LogP) is 2.02. The molecular formula is C12H14N2O4. The third kappa shape index (κ3) is 2.65. The van der Waals surface area contributed by atoms with Gasteiger partial charge in [0.2, 0.25) is 0 Å². The third-order valence-corrected chi connectivity index (χ3v) is 2.83. The average molecular weight is 250 g/mol. The van der Waals surface area contributed by atoms with E-state index >= 15 is 0 Å². The zero-order chi connectivity index (χ0) is 13.1. The van der Waals surface area contributed by atoms with Crippen LogP contribution in [0.3, 0.4) is 0 Å². The summed E-state index contributed by atoms with van der Waals surface area (Å²) < 4.78 is 5.23. The second-order valence-electron chi connectivity index (χ2n) is 4.27. The van der Waals surface area contributed by atoms with Gasteiger partial charge in [-0.25, -0.2) is 0 Å². The van der Waals surface area contributed by atoms with Crippen LogP contribution >= 0.6 is 0 Å². The van der Waals surface area contributed by atoms with Crippen molar-refractivity contribution in [3.63, 3.8) is 0 Å². The van der Waals surface area contributed by atoms with Crippen LogP contribution in [0.2, 0.25) is 0 Å². The topological polar surface area (TPSA) is 81.5 Å². The van der Waals surface area contributed by atoms with Crippen molar-refractivity contribution in [1.29, 1.82) is 0 Å². The zero-order valence-corrected chi connectivity index (χ0v) is 10.0. The number of amides is 1. The summed E-state index contributed by atoms with van der Waals surface area (Å²) in [5, 5.41) is 13.5. The van der Waals surface area contributed by atoms with Gasteiger partial charge in [0.25, 0.3) is 11.6 Å². The maximum atomic E-state index is 11.8. The van der Waals surface area contributed by atoms with Crippen molar-refractivity contribution in [3.8, 4) is 0 Å². The number of benzene rings is 1. The van der Waals surface area contributed by atoms with Gasteiger partial charge in [0, 0.05) is 12.7 Å². The lowest BCUT2D eigenvalue weighted by atomic mass is 10.1. The van der Waals surface area contributed by atoms with Gasteiger partial charge < -0.3 is 10.1 Å². The fourth-order valence-electron chi connectivity index (χ4n) is 1.90. The van der Waals surface area contributed by atoms with Crippen molar-refractivity contribution in [2.24, 2.45) is 0 Å². The molecule has 0 aliphatic carbocycles. The van der Waals surface area contributed by atoms with Gasteiger partial charge in [-0.05, 0) is 31.4 Å². The predicted molar refractivity (Wildman–Crippen MR) is 65.4 cm³/mol. The maximum absolute atomic E-state index is 11.8. The molecule has 0 saturated carbocycles. The number of nitrogens with zero attached hydrogens (tertiary/aromatic N) is 1. The number of carbonyl (C=O) groups excluding carboxylic acids is 1. The normalized spacial score (nSPS) is 18.6. The van der Waals surface area contributed by atoms with Gasteiger partial charge in [-0.1, -0.05) is 6.07 Å². The molecule has 1 heterocycles. The summed E-state index contributed by atoms with van der Waals surface area (Å²) in [5.41, 5.74) is 0.893. The highest BCUT2D eigenvalue weighted by Gasteiger charge is 2.25. The van der Waals surface area contributed by atoms with Crippen molar-refractivity contribution in [1.82, 2.24) is 0 Å². The number of anilines is 1. The lowest BCUT2D eigenvalue weighted by molar-refractivity contribution is -0.384. The Hall–Kier alpha value is -1.95. The number of hydrogen-bond acceptors (Lipinski definition) is 4. The molecular weight excluding hydrogens is 236 g/mol. The molecule has 96 valence electrons. The Kier molecular flexibility index (Phi) is 3.57. The van der Waals surface area contributed by atoms with Gasteiger partial charge in [-0.3, -0.25) is 14.9 Å². The lowest BCUT2D eigenvalue weighted by Crippen LogP contribution is -2.27. The highest BCUT2D eigenvalue weighted by molar-refractivity contribution is 5.96. The van der Waals surface area contributed by atoms with E-state index < -0.39 is 11.0 Å². The minimum atomic E-state index is -0.502. The Morgan fingerprint density at radius 1 is 1.56 bits per heavy atom. The highest BCUT2D eigenvalue weighted by atomic mass is 16.6. The van der Waals surface area contributed by atoms with Gasteiger partial charge >= 0.3 is 0 Å². The molecule has 1 fully saturated rings. The second kappa shape index (κ2) is 5.14. The lowest BCUT2D eigenvalue weighted by Gasteiger charge is -2.10. The molecule has 1 aliphatic heterocycles. The Balaban J connectivity index is 2.17. The highest BCUT2D eigenvalue weighted by Crippen LogP contribution is 2.26. The van der Waals surface area contributed by atoms with Gasteiger partial charge in [0.1, 0.15) is 11.8 Å². The van der Waals surface area contributed by atoms with Crippen LogP contribution in [0, 0.1) is 17.0 Å². The van der Waals surface area contributed by atoms with E-state index in [1.165, 1.54) is 6.07 Å². The molecule has 1 N–H and O–H groups in total.